The Morgan fingerprint density at radius 1 is 1.60 bits per heavy atom. The Morgan fingerprint density at radius 2 is 2.50 bits per heavy atom. The van der Waals surface area contributed by atoms with E-state index in [0.717, 1.165) is 31.7 Å². The van der Waals surface area contributed by atoms with Crippen LogP contribution in [0, 0.1) is 0 Å². The molecule has 0 aromatic rings. The molecule has 2 rings (SSSR count). The van der Waals surface area contributed by atoms with Crippen LogP contribution in [0.1, 0.15) is 6.42 Å². The first kappa shape index (κ1) is 6.58. The summed E-state index contributed by atoms with van der Waals surface area (Å²) in [5.41, 5.74) is 0. The molecule has 10 heavy (non-hydrogen) atoms. The number of nitrogens with zero attached hydrogens (tertiary/aromatic N) is 1. The van der Waals surface area contributed by atoms with Crippen LogP contribution in [0.15, 0.2) is 0 Å². The fourth-order valence-corrected chi connectivity index (χ4v) is 2.05. The lowest BCUT2D eigenvalue weighted by molar-refractivity contribution is 0.170. The second-order valence-corrected chi connectivity index (χ2v) is 3.21. The van der Waals surface area contributed by atoms with Gasteiger partial charge in [-0.2, -0.15) is 0 Å². The van der Waals surface area contributed by atoms with Crippen molar-refractivity contribution in [3.05, 3.63) is 0 Å². The third-order valence-corrected chi connectivity index (χ3v) is 2.56. The first-order valence-electron chi connectivity index (χ1n) is 3.98. The second kappa shape index (κ2) is 2.49. The summed E-state index contributed by atoms with van der Waals surface area (Å²) in [7, 11) is 0. The molecule has 0 amide bonds. The van der Waals surface area contributed by atoms with Crippen molar-refractivity contribution in [2.45, 2.75) is 18.5 Å². The van der Waals surface area contributed by atoms with Gasteiger partial charge in [0.2, 0.25) is 0 Å². The number of β-amino-alcohol motifs (C(OH)–C–C–N with tert-alkyl or cyclic N) is 1. The van der Waals surface area contributed by atoms with E-state index in [-0.39, 0.29) is 0 Å². The third kappa shape index (κ3) is 0.944. The topological polar surface area (TPSA) is 35.5 Å². The van der Waals surface area contributed by atoms with E-state index in [4.69, 9.17) is 5.11 Å². The van der Waals surface area contributed by atoms with Gasteiger partial charge in [0.25, 0.3) is 0 Å². The van der Waals surface area contributed by atoms with Gasteiger partial charge in [0.05, 0.1) is 6.61 Å². The van der Waals surface area contributed by atoms with E-state index < -0.39 is 0 Å². The molecule has 2 fully saturated rings. The quantitative estimate of drug-likeness (QED) is 0.520. The van der Waals surface area contributed by atoms with Crippen LogP contribution in [-0.4, -0.2) is 48.3 Å². The van der Waals surface area contributed by atoms with E-state index in [0.29, 0.717) is 6.61 Å². The first-order valence-corrected chi connectivity index (χ1v) is 3.98. The minimum atomic E-state index is 0.309. The molecule has 2 bridgehead atoms. The number of aliphatic hydroxyl groups is 1. The van der Waals surface area contributed by atoms with Crippen molar-refractivity contribution >= 4 is 0 Å². The van der Waals surface area contributed by atoms with Gasteiger partial charge in [0.1, 0.15) is 0 Å². The number of likely N-dealkylation sites (tertiary alicyclic amines) is 1. The fraction of sp³-hybridized carbons (Fsp3) is 1.00. The molecule has 3 heteroatoms. The maximum Gasteiger partial charge on any atom is 0.0558 e. The van der Waals surface area contributed by atoms with Crippen molar-refractivity contribution in [1.29, 1.82) is 0 Å². The average Bonchev–Trinajstić information content (AvgIpc) is 2.48. The highest BCUT2D eigenvalue weighted by Gasteiger charge is 2.36. The predicted molar refractivity (Wildman–Crippen MR) is 38.9 cm³/mol. The second-order valence-electron chi connectivity index (χ2n) is 3.21. The van der Waals surface area contributed by atoms with Crippen LogP contribution in [0.2, 0.25) is 0 Å². The largest absolute Gasteiger partial charge is 0.395 e. The van der Waals surface area contributed by atoms with Gasteiger partial charge in [-0.15, -0.1) is 0 Å². The minimum absolute atomic E-state index is 0.309. The van der Waals surface area contributed by atoms with Crippen LogP contribution >= 0.6 is 0 Å². The van der Waals surface area contributed by atoms with E-state index in [1.807, 2.05) is 0 Å². The Morgan fingerprint density at radius 3 is 3.00 bits per heavy atom. The molecule has 2 N–H and O–H groups in total. The molecule has 3 nitrogen and oxygen atoms in total. The molecule has 0 aromatic carbocycles. The highest BCUT2D eigenvalue weighted by Crippen LogP contribution is 2.21. The number of piperazine rings is 1. The van der Waals surface area contributed by atoms with Crippen LogP contribution in [0.5, 0.6) is 0 Å². The Bertz CT molecular complexity index is 129. The maximum atomic E-state index is 8.69. The van der Waals surface area contributed by atoms with E-state index in [2.05, 4.69) is 10.2 Å². The minimum Gasteiger partial charge on any atom is -0.395 e. The Hall–Kier alpha value is -0.120. The lowest BCUT2D eigenvalue weighted by atomic mass is 10.2. The molecule has 0 unspecified atom stereocenters. The van der Waals surface area contributed by atoms with Crippen LogP contribution in [0.4, 0.5) is 0 Å². The van der Waals surface area contributed by atoms with Crippen LogP contribution in [-0.2, 0) is 0 Å². The average molecular weight is 142 g/mol. The Kier molecular flexibility index (Phi) is 1.64. The van der Waals surface area contributed by atoms with E-state index in [1.165, 1.54) is 6.42 Å². The number of hydrogen-bond acceptors (Lipinski definition) is 3. The lowest BCUT2D eigenvalue weighted by Crippen LogP contribution is -2.44. The number of aliphatic hydroxyl groups excluding tert-OH is 1. The monoisotopic (exact) mass is 142 g/mol. The number of hydrogen-bond donors (Lipinski definition) is 2. The SMILES string of the molecule is OCCN1C[C@@H]2C[C@H]1CN2. The third-order valence-electron chi connectivity index (χ3n) is 2.56. The highest BCUT2D eigenvalue weighted by atomic mass is 16.3. The summed E-state index contributed by atoms with van der Waals surface area (Å²) in [6.07, 6.45) is 1.29. The molecule has 2 aliphatic heterocycles. The zero-order valence-electron chi connectivity index (χ0n) is 6.08. The van der Waals surface area contributed by atoms with E-state index >= 15 is 0 Å². The summed E-state index contributed by atoms with van der Waals surface area (Å²) >= 11 is 0. The molecule has 0 aliphatic carbocycles. The van der Waals surface area contributed by atoms with Gasteiger partial charge in [0, 0.05) is 31.7 Å². The van der Waals surface area contributed by atoms with Gasteiger partial charge < -0.3 is 10.4 Å². The Balaban J connectivity index is 1.90. The summed E-state index contributed by atoms with van der Waals surface area (Å²) in [6.45, 7) is 3.45. The van der Waals surface area contributed by atoms with Crippen molar-refractivity contribution in [2.75, 3.05) is 26.2 Å². The summed E-state index contributed by atoms with van der Waals surface area (Å²) in [5, 5.41) is 12.1. The van der Waals surface area contributed by atoms with Gasteiger partial charge in [-0.05, 0) is 6.42 Å². The van der Waals surface area contributed by atoms with Crippen molar-refractivity contribution in [2.24, 2.45) is 0 Å². The molecule has 2 atom stereocenters. The van der Waals surface area contributed by atoms with Gasteiger partial charge in [0.15, 0.2) is 0 Å². The summed E-state index contributed by atoms with van der Waals surface area (Å²) in [5.74, 6) is 0. The van der Waals surface area contributed by atoms with Gasteiger partial charge >= 0.3 is 0 Å². The van der Waals surface area contributed by atoms with Crippen LogP contribution < -0.4 is 5.32 Å². The first-order chi connectivity index (χ1) is 4.90. The van der Waals surface area contributed by atoms with Gasteiger partial charge in [-0.3, -0.25) is 4.90 Å². The molecule has 2 heterocycles. The maximum absolute atomic E-state index is 8.69. The predicted octanol–water partition coefficient (Wildman–Crippen LogP) is -0.975. The summed E-state index contributed by atoms with van der Waals surface area (Å²) in [4.78, 5) is 2.38. The molecule has 2 saturated heterocycles. The molecular formula is C7H14N2O. The zero-order valence-corrected chi connectivity index (χ0v) is 6.08. The molecule has 0 radical (unpaired) electrons. The van der Waals surface area contributed by atoms with Crippen molar-refractivity contribution < 1.29 is 5.11 Å². The summed E-state index contributed by atoms with van der Waals surface area (Å²) < 4.78 is 0. The molecule has 0 saturated carbocycles. The van der Waals surface area contributed by atoms with Gasteiger partial charge in [-0.1, -0.05) is 0 Å². The standard InChI is InChI=1S/C7H14N2O/c10-2-1-9-5-6-3-7(9)4-8-6/h6-8,10H,1-5H2/t6-,7-/m0/s1. The molecule has 0 aromatic heterocycles. The van der Waals surface area contributed by atoms with E-state index in [9.17, 15) is 0 Å². The number of rotatable bonds is 2. The number of fused-ring (bicyclic) bond motifs is 2. The van der Waals surface area contributed by atoms with Crippen LogP contribution in [0.3, 0.4) is 0 Å². The zero-order chi connectivity index (χ0) is 6.97. The van der Waals surface area contributed by atoms with Crippen LogP contribution in [0.25, 0.3) is 0 Å². The molecule has 0 spiro atoms. The highest BCUT2D eigenvalue weighted by molar-refractivity contribution is 4.96. The smallest absolute Gasteiger partial charge is 0.0558 e. The molecule has 2 aliphatic rings. The number of nitrogens with one attached hydrogen (secondary N) is 1. The normalized spacial score (nSPS) is 39.3. The Labute approximate surface area is 61.0 Å². The fourth-order valence-electron chi connectivity index (χ4n) is 2.05. The molecule has 58 valence electrons. The van der Waals surface area contributed by atoms with E-state index in [1.54, 1.807) is 0 Å². The van der Waals surface area contributed by atoms with Crippen molar-refractivity contribution in [1.82, 2.24) is 10.2 Å². The van der Waals surface area contributed by atoms with Crippen molar-refractivity contribution in [3.63, 3.8) is 0 Å². The van der Waals surface area contributed by atoms with Gasteiger partial charge in [-0.25, -0.2) is 0 Å². The summed E-state index contributed by atoms with van der Waals surface area (Å²) in [6, 6.07) is 1.44. The lowest BCUT2D eigenvalue weighted by Gasteiger charge is -2.25. The molecular weight excluding hydrogens is 128 g/mol. The van der Waals surface area contributed by atoms with Crippen molar-refractivity contribution in [3.8, 4) is 0 Å².